The highest BCUT2D eigenvalue weighted by Crippen LogP contribution is 2.29. The van der Waals surface area contributed by atoms with E-state index < -0.39 is 50.0 Å². The van der Waals surface area contributed by atoms with Crippen LogP contribution in [0, 0.1) is 15.9 Å². The molecular weight excluding hydrogens is 415 g/mol. The van der Waals surface area contributed by atoms with E-state index in [1.807, 2.05) is 0 Å². The maximum atomic E-state index is 13.5. The molecule has 0 unspecified atom stereocenters. The molecule has 0 aromatic heterocycles. The van der Waals surface area contributed by atoms with Crippen molar-refractivity contribution in [3.05, 3.63) is 63.4 Å². The Morgan fingerprint density at radius 3 is 2.54 bits per heavy atom. The summed E-state index contributed by atoms with van der Waals surface area (Å²) < 4.78 is 45.3. The molecule has 28 heavy (non-hydrogen) atoms. The number of esters is 1. The number of carbonyl (C=O) groups is 1. The van der Waals surface area contributed by atoms with Crippen molar-refractivity contribution in [2.45, 2.75) is 24.8 Å². The van der Waals surface area contributed by atoms with Gasteiger partial charge >= 0.3 is 5.97 Å². The van der Waals surface area contributed by atoms with Gasteiger partial charge in [0.15, 0.2) is 0 Å². The summed E-state index contributed by atoms with van der Waals surface area (Å²) in [5.41, 5.74) is -0.540. The minimum absolute atomic E-state index is 0.0985. The van der Waals surface area contributed by atoms with Gasteiger partial charge in [0.25, 0.3) is 15.7 Å². The molecule has 0 saturated heterocycles. The monoisotopic (exact) mass is 430 g/mol. The fourth-order valence-corrected chi connectivity index (χ4v) is 3.87. The number of nitro benzene ring substituents is 1. The number of halogens is 2. The van der Waals surface area contributed by atoms with E-state index in [1.165, 1.54) is 6.07 Å². The van der Waals surface area contributed by atoms with Gasteiger partial charge in [-0.25, -0.2) is 12.8 Å². The van der Waals surface area contributed by atoms with Crippen molar-refractivity contribution in [2.75, 3.05) is 10.8 Å². The molecular formula is C17H16ClFN2O6S. The van der Waals surface area contributed by atoms with E-state index in [1.54, 1.807) is 13.8 Å². The molecule has 0 aliphatic heterocycles. The Morgan fingerprint density at radius 2 is 1.96 bits per heavy atom. The van der Waals surface area contributed by atoms with E-state index in [-0.39, 0.29) is 10.7 Å². The van der Waals surface area contributed by atoms with Crippen molar-refractivity contribution >= 4 is 39.0 Å². The summed E-state index contributed by atoms with van der Waals surface area (Å²) in [7, 11) is -4.42. The van der Waals surface area contributed by atoms with Crippen LogP contribution in [0.5, 0.6) is 0 Å². The minimum atomic E-state index is -4.42. The largest absolute Gasteiger partial charge is 0.462 e. The van der Waals surface area contributed by atoms with Crippen LogP contribution in [0.25, 0.3) is 0 Å². The quantitative estimate of drug-likeness (QED) is 0.378. The Bertz CT molecular complexity index is 1010. The third kappa shape index (κ3) is 4.96. The van der Waals surface area contributed by atoms with E-state index in [0.29, 0.717) is 4.31 Å². The zero-order chi connectivity index (χ0) is 21.1. The lowest BCUT2D eigenvalue weighted by atomic mass is 10.3. The Hall–Kier alpha value is -2.72. The first-order valence-corrected chi connectivity index (χ1v) is 9.76. The summed E-state index contributed by atoms with van der Waals surface area (Å²) >= 11 is 5.74. The van der Waals surface area contributed by atoms with Crippen molar-refractivity contribution in [2.24, 2.45) is 0 Å². The normalized spacial score (nSPS) is 11.3. The third-order valence-corrected chi connectivity index (χ3v) is 5.51. The van der Waals surface area contributed by atoms with Crippen LogP contribution < -0.4 is 4.31 Å². The fraction of sp³-hybridized carbons (Fsp3) is 0.235. The third-order valence-electron chi connectivity index (χ3n) is 3.45. The number of rotatable bonds is 7. The van der Waals surface area contributed by atoms with Crippen molar-refractivity contribution in [3.63, 3.8) is 0 Å². The summed E-state index contributed by atoms with van der Waals surface area (Å²) in [5.74, 6) is -1.63. The Kier molecular flexibility index (Phi) is 6.57. The van der Waals surface area contributed by atoms with Crippen molar-refractivity contribution in [1.29, 1.82) is 0 Å². The van der Waals surface area contributed by atoms with E-state index in [4.69, 9.17) is 16.3 Å². The average molecular weight is 431 g/mol. The van der Waals surface area contributed by atoms with Crippen LogP contribution in [0.1, 0.15) is 13.8 Å². The summed E-state index contributed by atoms with van der Waals surface area (Å²) in [6.07, 6.45) is -0.494. The van der Waals surface area contributed by atoms with Crippen LogP contribution in [0.2, 0.25) is 5.02 Å². The molecule has 0 fully saturated rings. The van der Waals surface area contributed by atoms with Crippen molar-refractivity contribution in [3.8, 4) is 0 Å². The lowest BCUT2D eigenvalue weighted by Crippen LogP contribution is -2.37. The van der Waals surface area contributed by atoms with Gasteiger partial charge in [0, 0.05) is 12.1 Å². The highest BCUT2D eigenvalue weighted by molar-refractivity contribution is 7.92. The minimum Gasteiger partial charge on any atom is -0.462 e. The summed E-state index contributed by atoms with van der Waals surface area (Å²) in [5, 5.41) is 10.6. The highest BCUT2D eigenvalue weighted by Gasteiger charge is 2.29. The second kappa shape index (κ2) is 8.53. The molecule has 0 atom stereocenters. The van der Waals surface area contributed by atoms with E-state index in [0.717, 1.165) is 36.4 Å². The van der Waals surface area contributed by atoms with Gasteiger partial charge in [-0.3, -0.25) is 19.2 Å². The number of benzene rings is 2. The van der Waals surface area contributed by atoms with Gasteiger partial charge in [0.1, 0.15) is 12.4 Å². The van der Waals surface area contributed by atoms with Crippen molar-refractivity contribution in [1.82, 2.24) is 0 Å². The van der Waals surface area contributed by atoms with Gasteiger partial charge in [-0.05, 0) is 38.1 Å². The lowest BCUT2D eigenvalue weighted by molar-refractivity contribution is -0.385. The van der Waals surface area contributed by atoms with Crippen LogP contribution in [-0.2, 0) is 19.6 Å². The van der Waals surface area contributed by atoms with Gasteiger partial charge in [-0.1, -0.05) is 17.7 Å². The highest BCUT2D eigenvalue weighted by atomic mass is 35.5. The van der Waals surface area contributed by atoms with Gasteiger partial charge in [-0.2, -0.15) is 0 Å². The molecule has 8 nitrogen and oxygen atoms in total. The number of ether oxygens (including phenoxy) is 1. The van der Waals surface area contributed by atoms with E-state index in [2.05, 4.69) is 0 Å². The van der Waals surface area contributed by atoms with Crippen LogP contribution in [0.4, 0.5) is 15.8 Å². The predicted molar refractivity (Wildman–Crippen MR) is 100 cm³/mol. The molecule has 0 aliphatic rings. The zero-order valence-corrected chi connectivity index (χ0v) is 16.4. The number of nitrogens with zero attached hydrogens (tertiary/aromatic N) is 2. The molecule has 0 amide bonds. The fourth-order valence-electron chi connectivity index (χ4n) is 2.26. The average Bonchev–Trinajstić information content (AvgIpc) is 2.61. The zero-order valence-electron chi connectivity index (χ0n) is 14.8. The molecule has 0 spiro atoms. The van der Waals surface area contributed by atoms with Crippen molar-refractivity contribution < 1.29 is 27.3 Å². The molecule has 0 N–H and O–H groups in total. The number of sulfonamides is 1. The first kappa shape index (κ1) is 21.6. The molecule has 2 aromatic rings. The molecule has 2 aromatic carbocycles. The summed E-state index contributed by atoms with van der Waals surface area (Å²) in [6, 6.07) is 7.45. The Morgan fingerprint density at radius 1 is 1.29 bits per heavy atom. The van der Waals surface area contributed by atoms with Gasteiger partial charge in [-0.15, -0.1) is 0 Å². The molecule has 150 valence electrons. The molecule has 0 radical (unpaired) electrons. The SMILES string of the molecule is CC(C)OC(=O)CN(c1ccc(F)c(Cl)c1)S(=O)(=O)c1cccc([N+](=O)[O-])c1. The van der Waals surface area contributed by atoms with Crippen LogP contribution in [0.3, 0.4) is 0 Å². The maximum absolute atomic E-state index is 13.5. The smallest absolute Gasteiger partial charge is 0.327 e. The number of hydrogen-bond donors (Lipinski definition) is 0. The summed E-state index contributed by atoms with van der Waals surface area (Å²) in [4.78, 5) is 21.9. The van der Waals surface area contributed by atoms with Crippen LogP contribution >= 0.6 is 11.6 Å². The molecule has 2 rings (SSSR count). The first-order valence-electron chi connectivity index (χ1n) is 7.94. The molecule has 11 heteroatoms. The second-order valence-electron chi connectivity index (χ2n) is 5.90. The topological polar surface area (TPSA) is 107 Å². The van der Waals surface area contributed by atoms with Crippen LogP contribution in [0.15, 0.2) is 47.4 Å². The van der Waals surface area contributed by atoms with Gasteiger partial charge in [0.2, 0.25) is 0 Å². The van der Waals surface area contributed by atoms with Crippen LogP contribution in [-0.4, -0.2) is 32.0 Å². The molecule has 0 aliphatic carbocycles. The Labute approximate surface area is 165 Å². The number of hydrogen-bond acceptors (Lipinski definition) is 6. The standard InChI is InChI=1S/C17H16ClFN2O6S/c1-11(2)27-17(22)10-20(12-6-7-16(19)15(18)9-12)28(25,26)14-5-3-4-13(8-14)21(23)24/h3-9,11H,10H2,1-2H3. The number of nitro groups is 1. The van der Waals surface area contributed by atoms with E-state index in [9.17, 15) is 27.7 Å². The molecule has 0 heterocycles. The summed E-state index contributed by atoms with van der Waals surface area (Å²) in [6.45, 7) is 2.45. The van der Waals surface area contributed by atoms with E-state index >= 15 is 0 Å². The molecule has 0 saturated carbocycles. The number of carbonyl (C=O) groups excluding carboxylic acids is 1. The predicted octanol–water partition coefficient (Wildman–Crippen LogP) is 3.53. The Balaban J connectivity index is 2.55. The maximum Gasteiger partial charge on any atom is 0.327 e. The number of non-ortho nitro benzene ring substituents is 1. The molecule has 0 bridgehead atoms. The van der Waals surface area contributed by atoms with Gasteiger partial charge in [0.05, 0.1) is 26.6 Å². The second-order valence-corrected chi connectivity index (χ2v) is 8.17. The van der Waals surface area contributed by atoms with Gasteiger partial charge < -0.3 is 4.74 Å². The lowest BCUT2D eigenvalue weighted by Gasteiger charge is -2.24. The number of anilines is 1. The first-order chi connectivity index (χ1) is 13.0.